The summed E-state index contributed by atoms with van der Waals surface area (Å²) >= 11 is 0. The van der Waals surface area contributed by atoms with Crippen LogP contribution in [0.2, 0.25) is 0 Å². The minimum atomic E-state index is -0.450. The fraction of sp³-hybridized carbons (Fsp3) is 0.500. The minimum Gasteiger partial charge on any atom is -0.487 e. The van der Waals surface area contributed by atoms with E-state index in [1.807, 2.05) is 6.92 Å². The van der Waals surface area contributed by atoms with Gasteiger partial charge in [0.05, 0.1) is 5.39 Å². The second kappa shape index (κ2) is 6.91. The topological polar surface area (TPSA) is 71.4 Å². The number of hydrogen-bond donors (Lipinski definition) is 2. The van der Waals surface area contributed by atoms with Gasteiger partial charge in [0.1, 0.15) is 6.10 Å². The third kappa shape index (κ3) is 3.44. The van der Waals surface area contributed by atoms with Crippen molar-refractivity contribution in [2.45, 2.75) is 38.8 Å². The number of rotatable bonds is 4. The summed E-state index contributed by atoms with van der Waals surface area (Å²) in [4.78, 5) is 16.8. The number of H-pyrrole nitrogens is 1. The fourth-order valence-corrected chi connectivity index (χ4v) is 3.34. The van der Waals surface area contributed by atoms with Crippen LogP contribution in [0.4, 0.5) is 4.39 Å². The highest BCUT2D eigenvalue weighted by Crippen LogP contribution is 2.29. The van der Waals surface area contributed by atoms with Crippen molar-refractivity contribution in [2.24, 2.45) is 5.73 Å². The maximum atomic E-state index is 14.8. The van der Waals surface area contributed by atoms with E-state index in [0.29, 0.717) is 16.3 Å². The first kappa shape index (κ1) is 16.9. The number of aryl methyl sites for hydroxylation is 1. The van der Waals surface area contributed by atoms with Crippen LogP contribution in [0.15, 0.2) is 23.1 Å². The normalized spacial score (nSPS) is 18.0. The average molecular weight is 333 g/mol. The van der Waals surface area contributed by atoms with Crippen molar-refractivity contribution in [3.05, 3.63) is 40.1 Å². The molecule has 0 radical (unpaired) electrons. The van der Waals surface area contributed by atoms with Gasteiger partial charge in [0, 0.05) is 37.3 Å². The molecular formula is C18H24FN3O2. The molecule has 0 bridgehead atoms. The number of hydrogen-bond acceptors (Lipinski definition) is 4. The van der Waals surface area contributed by atoms with Crippen LogP contribution in [0, 0.1) is 12.7 Å². The Morgan fingerprint density at radius 3 is 2.79 bits per heavy atom. The lowest BCUT2D eigenvalue weighted by molar-refractivity contribution is 0.0951. The zero-order valence-corrected chi connectivity index (χ0v) is 14.1. The summed E-state index contributed by atoms with van der Waals surface area (Å²) in [5.74, 6) is -0.226. The lowest BCUT2D eigenvalue weighted by Crippen LogP contribution is -2.43. The number of piperidine rings is 1. The molecule has 1 aliphatic heterocycles. The van der Waals surface area contributed by atoms with Crippen LogP contribution in [0.3, 0.4) is 0 Å². The lowest BCUT2D eigenvalue weighted by atomic mass is 10.1. The number of ether oxygens (including phenoxy) is 1. The van der Waals surface area contributed by atoms with Gasteiger partial charge in [0.25, 0.3) is 5.56 Å². The number of nitrogens with zero attached hydrogens (tertiary/aromatic N) is 1. The number of aromatic nitrogens is 1. The molecule has 1 atom stereocenters. The van der Waals surface area contributed by atoms with Crippen molar-refractivity contribution in [2.75, 3.05) is 19.6 Å². The Morgan fingerprint density at radius 2 is 2.12 bits per heavy atom. The molecule has 2 aromatic rings. The highest BCUT2D eigenvalue weighted by atomic mass is 19.1. The van der Waals surface area contributed by atoms with Crippen molar-refractivity contribution >= 4 is 10.8 Å². The molecule has 1 fully saturated rings. The average Bonchev–Trinajstić information content (AvgIpc) is 2.54. The van der Waals surface area contributed by atoms with E-state index in [-0.39, 0.29) is 23.5 Å². The predicted octanol–water partition coefficient (Wildman–Crippen LogP) is 2.17. The second-order valence-corrected chi connectivity index (χ2v) is 6.70. The molecule has 1 saturated heterocycles. The first-order chi connectivity index (χ1) is 11.5. The number of benzene rings is 1. The van der Waals surface area contributed by atoms with E-state index in [1.54, 1.807) is 19.1 Å². The molecule has 24 heavy (non-hydrogen) atoms. The first-order valence-corrected chi connectivity index (χ1v) is 8.41. The Bertz CT molecular complexity index is 780. The molecule has 1 aromatic heterocycles. The van der Waals surface area contributed by atoms with Gasteiger partial charge in [-0.15, -0.1) is 0 Å². The maximum absolute atomic E-state index is 14.8. The third-order valence-electron chi connectivity index (χ3n) is 4.54. The number of fused-ring (bicyclic) bond motifs is 1. The van der Waals surface area contributed by atoms with Crippen LogP contribution in [0.25, 0.3) is 10.8 Å². The van der Waals surface area contributed by atoms with Gasteiger partial charge in [-0.1, -0.05) is 0 Å². The van der Waals surface area contributed by atoms with Gasteiger partial charge >= 0.3 is 0 Å². The van der Waals surface area contributed by atoms with Crippen molar-refractivity contribution in [1.82, 2.24) is 9.88 Å². The third-order valence-corrected chi connectivity index (χ3v) is 4.54. The van der Waals surface area contributed by atoms with E-state index in [9.17, 15) is 9.18 Å². The molecule has 130 valence electrons. The van der Waals surface area contributed by atoms with E-state index < -0.39 is 5.82 Å². The Hall–Kier alpha value is -1.92. The Morgan fingerprint density at radius 1 is 1.42 bits per heavy atom. The molecule has 5 nitrogen and oxygen atoms in total. The molecule has 0 aliphatic carbocycles. The molecule has 0 amide bonds. The summed E-state index contributed by atoms with van der Waals surface area (Å²) in [5.41, 5.74) is 6.24. The molecule has 1 aromatic carbocycles. The Balaban J connectivity index is 1.76. The molecule has 0 saturated carbocycles. The van der Waals surface area contributed by atoms with Crippen LogP contribution in [-0.2, 0) is 0 Å². The molecule has 1 aliphatic rings. The summed E-state index contributed by atoms with van der Waals surface area (Å²) in [6.45, 7) is 6.45. The van der Waals surface area contributed by atoms with Gasteiger partial charge in [-0.2, -0.15) is 0 Å². The van der Waals surface area contributed by atoms with Crippen molar-refractivity contribution in [3.63, 3.8) is 0 Å². The summed E-state index contributed by atoms with van der Waals surface area (Å²) < 4.78 is 20.7. The molecule has 0 spiro atoms. The molecule has 3 N–H and O–H groups in total. The minimum absolute atomic E-state index is 0.0106. The predicted molar refractivity (Wildman–Crippen MR) is 93.0 cm³/mol. The SMILES string of the molecule is Cc1c[nH]c(=O)c2ccc(OC3CCN(CC(C)N)CC3)c(F)c12. The van der Waals surface area contributed by atoms with Gasteiger partial charge < -0.3 is 20.4 Å². The highest BCUT2D eigenvalue weighted by molar-refractivity contribution is 5.86. The molecular weight excluding hydrogens is 309 g/mol. The van der Waals surface area contributed by atoms with E-state index in [1.165, 1.54) is 6.20 Å². The van der Waals surface area contributed by atoms with E-state index in [4.69, 9.17) is 10.5 Å². The summed E-state index contributed by atoms with van der Waals surface area (Å²) in [6, 6.07) is 3.34. The summed E-state index contributed by atoms with van der Waals surface area (Å²) in [6.07, 6.45) is 3.21. The van der Waals surface area contributed by atoms with Gasteiger partial charge in [0.2, 0.25) is 0 Å². The van der Waals surface area contributed by atoms with Crippen molar-refractivity contribution in [1.29, 1.82) is 0 Å². The van der Waals surface area contributed by atoms with Crippen molar-refractivity contribution < 1.29 is 9.13 Å². The molecule has 3 rings (SSSR count). The van der Waals surface area contributed by atoms with E-state index >= 15 is 0 Å². The standard InChI is InChI=1S/C18H24FN3O2/c1-11-9-21-18(23)14-3-4-15(17(19)16(11)14)24-13-5-7-22(8-6-13)10-12(2)20/h3-4,9,12-13H,5-8,10,20H2,1-2H3,(H,21,23). The van der Waals surface area contributed by atoms with Gasteiger partial charge in [0.15, 0.2) is 11.6 Å². The van der Waals surface area contributed by atoms with Gasteiger partial charge in [-0.25, -0.2) is 4.39 Å². The second-order valence-electron chi connectivity index (χ2n) is 6.70. The smallest absolute Gasteiger partial charge is 0.255 e. The lowest BCUT2D eigenvalue weighted by Gasteiger charge is -2.33. The Labute approximate surface area is 140 Å². The maximum Gasteiger partial charge on any atom is 0.255 e. The number of likely N-dealkylation sites (tertiary alicyclic amines) is 1. The Kier molecular flexibility index (Phi) is 4.87. The molecule has 1 unspecified atom stereocenters. The van der Waals surface area contributed by atoms with Gasteiger partial charge in [-0.05, 0) is 44.4 Å². The summed E-state index contributed by atoms with van der Waals surface area (Å²) in [7, 11) is 0. The number of halogens is 1. The van der Waals surface area contributed by atoms with E-state index in [2.05, 4.69) is 9.88 Å². The number of nitrogens with one attached hydrogen (secondary N) is 1. The van der Waals surface area contributed by atoms with E-state index in [0.717, 1.165) is 32.5 Å². The van der Waals surface area contributed by atoms with Crippen LogP contribution in [0.5, 0.6) is 5.75 Å². The number of aromatic amines is 1. The van der Waals surface area contributed by atoms with Crippen LogP contribution >= 0.6 is 0 Å². The molecule has 6 heteroatoms. The van der Waals surface area contributed by atoms with Gasteiger partial charge in [-0.3, -0.25) is 4.79 Å². The van der Waals surface area contributed by atoms with Crippen LogP contribution in [-0.4, -0.2) is 41.7 Å². The fourth-order valence-electron chi connectivity index (χ4n) is 3.34. The largest absolute Gasteiger partial charge is 0.487 e. The van der Waals surface area contributed by atoms with Crippen LogP contribution in [0.1, 0.15) is 25.3 Å². The van der Waals surface area contributed by atoms with Crippen LogP contribution < -0.4 is 16.0 Å². The molecule has 2 heterocycles. The summed E-state index contributed by atoms with van der Waals surface area (Å²) in [5, 5.41) is 0.692. The quantitative estimate of drug-likeness (QED) is 0.899. The monoisotopic (exact) mass is 333 g/mol. The number of pyridine rings is 1. The zero-order valence-electron chi connectivity index (χ0n) is 14.1. The van der Waals surface area contributed by atoms with Crippen molar-refractivity contribution in [3.8, 4) is 5.75 Å². The highest BCUT2D eigenvalue weighted by Gasteiger charge is 2.23. The first-order valence-electron chi connectivity index (χ1n) is 8.41. The zero-order chi connectivity index (χ0) is 17.3. The number of nitrogens with two attached hydrogens (primary N) is 1.